The third-order valence-electron chi connectivity index (χ3n) is 3.19. The number of hydrogen-bond donors (Lipinski definition) is 0. The SMILES string of the molecule is C.CC.CC.CC.CC1=CCC(c2ccc(C)cc2)CC1. The molecule has 0 N–H and O–H groups in total. The first-order chi connectivity index (χ1) is 9.75. The summed E-state index contributed by atoms with van der Waals surface area (Å²) in [7, 11) is 0. The van der Waals surface area contributed by atoms with E-state index in [4.69, 9.17) is 0 Å². The zero-order chi connectivity index (χ0) is 16.0. The molecule has 0 nitrogen and oxygen atoms in total. The van der Waals surface area contributed by atoms with Gasteiger partial charge in [0.2, 0.25) is 0 Å². The first-order valence-electron chi connectivity index (χ1n) is 8.48. The van der Waals surface area contributed by atoms with E-state index >= 15 is 0 Å². The maximum absolute atomic E-state index is 2.40. The van der Waals surface area contributed by atoms with Crippen LogP contribution >= 0.6 is 0 Å². The summed E-state index contributed by atoms with van der Waals surface area (Å²) in [5.41, 5.74) is 4.43. The Morgan fingerprint density at radius 3 is 1.67 bits per heavy atom. The summed E-state index contributed by atoms with van der Waals surface area (Å²) in [6, 6.07) is 9.02. The Morgan fingerprint density at radius 1 is 0.810 bits per heavy atom. The van der Waals surface area contributed by atoms with Gasteiger partial charge in [-0.3, -0.25) is 0 Å². The second kappa shape index (κ2) is 17.0. The average Bonchev–Trinajstić information content (AvgIpc) is 2.55. The van der Waals surface area contributed by atoms with E-state index in [0.29, 0.717) is 0 Å². The fourth-order valence-electron chi connectivity index (χ4n) is 2.11. The lowest BCUT2D eigenvalue weighted by Gasteiger charge is -2.20. The fraction of sp³-hybridized carbons (Fsp3) is 0.619. The van der Waals surface area contributed by atoms with Crippen molar-refractivity contribution in [3.63, 3.8) is 0 Å². The van der Waals surface area contributed by atoms with E-state index in [0.717, 1.165) is 5.92 Å². The van der Waals surface area contributed by atoms with Crippen LogP contribution < -0.4 is 0 Å². The first-order valence-corrected chi connectivity index (χ1v) is 8.48. The lowest BCUT2D eigenvalue weighted by Crippen LogP contribution is -2.02. The summed E-state index contributed by atoms with van der Waals surface area (Å²) in [4.78, 5) is 0. The lowest BCUT2D eigenvalue weighted by atomic mass is 9.85. The van der Waals surface area contributed by atoms with Crippen LogP contribution in [0.15, 0.2) is 35.9 Å². The molecule has 0 fully saturated rings. The molecule has 124 valence electrons. The molecular weight excluding hydrogens is 252 g/mol. The van der Waals surface area contributed by atoms with Gasteiger partial charge in [-0.05, 0) is 44.6 Å². The third kappa shape index (κ3) is 10.3. The molecular formula is C21H40. The minimum Gasteiger partial charge on any atom is -0.0850 e. The van der Waals surface area contributed by atoms with Gasteiger partial charge in [-0.2, -0.15) is 0 Å². The molecule has 1 aliphatic carbocycles. The van der Waals surface area contributed by atoms with E-state index in [2.05, 4.69) is 44.2 Å². The fourth-order valence-corrected chi connectivity index (χ4v) is 2.11. The molecule has 21 heavy (non-hydrogen) atoms. The van der Waals surface area contributed by atoms with E-state index in [1.54, 1.807) is 5.57 Å². The minimum atomic E-state index is 0. The van der Waals surface area contributed by atoms with Crippen LogP contribution in [0.25, 0.3) is 0 Å². The Balaban J connectivity index is -0.000000414. The maximum atomic E-state index is 2.40. The number of aryl methyl sites for hydroxylation is 1. The van der Waals surface area contributed by atoms with Gasteiger partial charge in [-0.25, -0.2) is 0 Å². The van der Waals surface area contributed by atoms with Gasteiger partial charge in [-0.15, -0.1) is 0 Å². The van der Waals surface area contributed by atoms with Gasteiger partial charge in [0.05, 0.1) is 0 Å². The highest BCUT2D eigenvalue weighted by Crippen LogP contribution is 2.31. The van der Waals surface area contributed by atoms with E-state index in [9.17, 15) is 0 Å². The smallest absolute Gasteiger partial charge is 0.0124 e. The molecule has 0 saturated carbocycles. The highest BCUT2D eigenvalue weighted by Gasteiger charge is 2.13. The largest absolute Gasteiger partial charge is 0.0850 e. The molecule has 2 rings (SSSR count). The topological polar surface area (TPSA) is 0 Å². The number of benzene rings is 1. The zero-order valence-corrected chi connectivity index (χ0v) is 15.1. The minimum absolute atomic E-state index is 0. The molecule has 0 spiro atoms. The van der Waals surface area contributed by atoms with Crippen molar-refractivity contribution in [2.75, 3.05) is 0 Å². The van der Waals surface area contributed by atoms with Crippen molar-refractivity contribution in [3.8, 4) is 0 Å². The molecule has 1 atom stereocenters. The van der Waals surface area contributed by atoms with Crippen molar-refractivity contribution >= 4 is 0 Å². The summed E-state index contributed by atoms with van der Waals surface area (Å²) in [5.74, 6) is 0.763. The second-order valence-electron chi connectivity index (χ2n) is 4.43. The van der Waals surface area contributed by atoms with Crippen LogP contribution in [0.5, 0.6) is 0 Å². The normalized spacial score (nSPS) is 15.4. The van der Waals surface area contributed by atoms with Crippen LogP contribution in [-0.2, 0) is 0 Å². The van der Waals surface area contributed by atoms with Crippen molar-refractivity contribution < 1.29 is 0 Å². The first kappa shape index (κ1) is 24.9. The van der Waals surface area contributed by atoms with Gasteiger partial charge in [-0.1, -0.05) is 90.4 Å². The second-order valence-corrected chi connectivity index (χ2v) is 4.43. The van der Waals surface area contributed by atoms with Gasteiger partial charge in [0.25, 0.3) is 0 Å². The molecule has 1 aliphatic rings. The average molecular weight is 293 g/mol. The molecule has 0 amide bonds. The van der Waals surface area contributed by atoms with Gasteiger partial charge < -0.3 is 0 Å². The summed E-state index contributed by atoms with van der Waals surface area (Å²) in [6.07, 6.45) is 6.23. The van der Waals surface area contributed by atoms with Gasteiger partial charge >= 0.3 is 0 Å². The Kier molecular flexibility index (Phi) is 20.2. The number of hydrogen-bond acceptors (Lipinski definition) is 0. The highest BCUT2D eigenvalue weighted by atomic mass is 14.2. The molecule has 0 radical (unpaired) electrons. The molecule has 0 aromatic heterocycles. The van der Waals surface area contributed by atoms with E-state index in [1.807, 2.05) is 41.5 Å². The maximum Gasteiger partial charge on any atom is -0.0124 e. The quantitative estimate of drug-likeness (QED) is 0.461. The molecule has 1 aromatic carbocycles. The number of rotatable bonds is 1. The summed E-state index contributed by atoms with van der Waals surface area (Å²) in [6.45, 7) is 16.4. The highest BCUT2D eigenvalue weighted by molar-refractivity contribution is 5.26. The van der Waals surface area contributed by atoms with Crippen LogP contribution in [0.3, 0.4) is 0 Å². The van der Waals surface area contributed by atoms with Crippen molar-refractivity contribution in [1.82, 2.24) is 0 Å². The van der Waals surface area contributed by atoms with Crippen LogP contribution in [-0.4, -0.2) is 0 Å². The van der Waals surface area contributed by atoms with Crippen LogP contribution in [0.2, 0.25) is 0 Å². The Morgan fingerprint density at radius 2 is 1.29 bits per heavy atom. The Hall–Kier alpha value is -1.04. The van der Waals surface area contributed by atoms with E-state index in [-0.39, 0.29) is 7.43 Å². The lowest BCUT2D eigenvalue weighted by molar-refractivity contribution is 0.599. The molecule has 1 aromatic rings. The van der Waals surface area contributed by atoms with Crippen molar-refractivity contribution in [2.45, 2.75) is 88.0 Å². The van der Waals surface area contributed by atoms with Crippen LogP contribution in [0.1, 0.15) is 92.2 Å². The Bertz CT molecular complexity index is 330. The number of allylic oxidation sites excluding steroid dienone is 2. The molecule has 0 aliphatic heterocycles. The molecule has 1 unspecified atom stereocenters. The standard InChI is InChI=1S/C14H18.3C2H6.CH4/c1-11-3-7-13(8-4-11)14-9-5-12(2)6-10-14;3*1-2;/h3-5,7-8,14H,6,9-10H2,1-2H3;3*1-2H3;1H4. The van der Waals surface area contributed by atoms with E-state index < -0.39 is 0 Å². The summed E-state index contributed by atoms with van der Waals surface area (Å²) < 4.78 is 0. The predicted octanol–water partition coefficient (Wildman–Crippen LogP) is 7.92. The monoisotopic (exact) mass is 292 g/mol. The molecule has 0 bridgehead atoms. The van der Waals surface area contributed by atoms with Crippen LogP contribution in [0, 0.1) is 6.92 Å². The molecule has 0 heteroatoms. The molecule has 0 saturated heterocycles. The summed E-state index contributed by atoms with van der Waals surface area (Å²) in [5, 5.41) is 0. The van der Waals surface area contributed by atoms with Crippen molar-refractivity contribution in [3.05, 3.63) is 47.0 Å². The van der Waals surface area contributed by atoms with Gasteiger partial charge in [0.15, 0.2) is 0 Å². The van der Waals surface area contributed by atoms with Gasteiger partial charge in [0, 0.05) is 0 Å². The Labute approximate surface area is 135 Å². The van der Waals surface area contributed by atoms with Gasteiger partial charge in [0.1, 0.15) is 0 Å². The molecule has 0 heterocycles. The van der Waals surface area contributed by atoms with E-state index in [1.165, 1.54) is 30.4 Å². The van der Waals surface area contributed by atoms with Crippen molar-refractivity contribution in [1.29, 1.82) is 0 Å². The zero-order valence-electron chi connectivity index (χ0n) is 15.1. The summed E-state index contributed by atoms with van der Waals surface area (Å²) >= 11 is 0. The van der Waals surface area contributed by atoms with Crippen LogP contribution in [0.4, 0.5) is 0 Å². The third-order valence-corrected chi connectivity index (χ3v) is 3.19. The van der Waals surface area contributed by atoms with Crippen molar-refractivity contribution in [2.24, 2.45) is 0 Å². The predicted molar refractivity (Wildman–Crippen MR) is 102 cm³/mol.